The van der Waals surface area contributed by atoms with E-state index in [1.807, 2.05) is 24.0 Å². The highest BCUT2D eigenvalue weighted by atomic mass is 16.5. The maximum atomic E-state index is 12.1. The monoisotopic (exact) mass is 332 g/mol. The van der Waals surface area contributed by atoms with Gasteiger partial charge in [0.2, 0.25) is 11.8 Å². The molecule has 0 radical (unpaired) electrons. The van der Waals surface area contributed by atoms with Crippen molar-refractivity contribution in [3.8, 4) is 0 Å². The molecule has 2 aromatic rings. The topological polar surface area (TPSA) is 75.6 Å². The van der Waals surface area contributed by atoms with Crippen LogP contribution in [0.1, 0.15) is 36.6 Å². The Kier molecular flexibility index (Phi) is 4.99. The Balaban J connectivity index is 1.55. The molecule has 1 saturated heterocycles. The van der Waals surface area contributed by atoms with E-state index in [-0.39, 0.29) is 11.9 Å². The van der Waals surface area contributed by atoms with Gasteiger partial charge in [0.15, 0.2) is 5.82 Å². The van der Waals surface area contributed by atoms with Crippen LogP contribution >= 0.6 is 0 Å². The maximum Gasteiger partial charge on any atom is 0.223 e. The molecule has 3 rings (SSSR count). The van der Waals surface area contributed by atoms with Crippen LogP contribution in [-0.2, 0) is 17.8 Å². The van der Waals surface area contributed by atoms with E-state index in [2.05, 4.69) is 15.0 Å². The highest BCUT2D eigenvalue weighted by molar-refractivity contribution is 5.73. The molecular weight excluding hydrogens is 308 g/mol. The summed E-state index contributed by atoms with van der Waals surface area (Å²) in [6.07, 6.45) is 1.59. The van der Waals surface area contributed by atoms with Crippen LogP contribution in [-0.4, -0.2) is 51.5 Å². The molecule has 0 aromatic carbocycles. The van der Waals surface area contributed by atoms with Gasteiger partial charge < -0.3 is 13.8 Å². The van der Waals surface area contributed by atoms with Gasteiger partial charge in [-0.25, -0.2) is 0 Å². The molecule has 0 bridgehead atoms. The molecule has 1 atom stereocenters. The lowest BCUT2D eigenvalue weighted by molar-refractivity contribution is -0.130. The quantitative estimate of drug-likeness (QED) is 0.805. The summed E-state index contributed by atoms with van der Waals surface area (Å²) in [4.78, 5) is 20.5. The molecule has 7 nitrogen and oxygen atoms in total. The molecule has 130 valence electrons. The van der Waals surface area contributed by atoms with E-state index >= 15 is 0 Å². The Bertz CT molecular complexity index is 694. The number of hydrogen-bond donors (Lipinski definition) is 0. The number of furan rings is 1. The maximum absolute atomic E-state index is 12.1. The van der Waals surface area contributed by atoms with Crippen molar-refractivity contribution in [3.63, 3.8) is 0 Å². The minimum absolute atomic E-state index is 0.0934. The Hall–Kier alpha value is -2.15. The lowest BCUT2D eigenvalue weighted by Crippen LogP contribution is -2.42. The van der Waals surface area contributed by atoms with Crippen LogP contribution in [0.25, 0.3) is 0 Å². The molecule has 0 N–H and O–H groups in total. The normalized spacial score (nSPS) is 18.2. The largest absolute Gasteiger partial charge is 0.465 e. The first-order valence-corrected chi connectivity index (χ1v) is 8.35. The van der Waals surface area contributed by atoms with Crippen LogP contribution in [0.15, 0.2) is 21.1 Å². The standard InChI is InChI=1S/C17H24N4O3/c1-12-4-5-16(23-12)11-20-8-6-15(10-20)21(14(3)22)9-7-17-18-13(2)24-19-17/h4-5,15H,6-11H2,1-3H3. The third kappa shape index (κ3) is 4.03. The number of aryl methyl sites for hydroxylation is 2. The van der Waals surface area contributed by atoms with Gasteiger partial charge in [0.05, 0.1) is 6.54 Å². The third-order valence-corrected chi connectivity index (χ3v) is 4.41. The summed E-state index contributed by atoms with van der Waals surface area (Å²) in [6, 6.07) is 4.23. The first-order valence-electron chi connectivity index (χ1n) is 8.35. The smallest absolute Gasteiger partial charge is 0.223 e. The number of aromatic nitrogens is 2. The molecule has 1 aliphatic heterocycles. The summed E-state index contributed by atoms with van der Waals surface area (Å²) in [5.41, 5.74) is 0. The molecule has 1 unspecified atom stereocenters. The fourth-order valence-corrected chi connectivity index (χ4v) is 3.26. The van der Waals surface area contributed by atoms with E-state index in [9.17, 15) is 4.79 Å². The fourth-order valence-electron chi connectivity index (χ4n) is 3.26. The zero-order valence-corrected chi connectivity index (χ0v) is 14.5. The highest BCUT2D eigenvalue weighted by Gasteiger charge is 2.29. The second-order valence-electron chi connectivity index (χ2n) is 6.38. The SMILES string of the molecule is CC(=O)N(CCc1noc(C)n1)C1CCN(Cc2ccc(C)o2)C1. The fraction of sp³-hybridized carbons (Fsp3) is 0.588. The molecule has 0 spiro atoms. The summed E-state index contributed by atoms with van der Waals surface area (Å²) in [6.45, 7) is 8.59. The van der Waals surface area contributed by atoms with E-state index < -0.39 is 0 Å². The predicted octanol–water partition coefficient (Wildman–Crippen LogP) is 1.94. The van der Waals surface area contributed by atoms with Gasteiger partial charge in [-0.3, -0.25) is 9.69 Å². The van der Waals surface area contributed by atoms with Gasteiger partial charge in [0, 0.05) is 45.9 Å². The Morgan fingerprint density at radius 2 is 2.25 bits per heavy atom. The van der Waals surface area contributed by atoms with Crippen LogP contribution in [0.4, 0.5) is 0 Å². The van der Waals surface area contributed by atoms with Gasteiger partial charge in [0.25, 0.3) is 0 Å². The minimum Gasteiger partial charge on any atom is -0.465 e. The van der Waals surface area contributed by atoms with Crippen molar-refractivity contribution in [2.45, 2.75) is 46.2 Å². The first kappa shape index (κ1) is 16.7. The highest BCUT2D eigenvalue weighted by Crippen LogP contribution is 2.19. The number of amides is 1. The molecule has 1 fully saturated rings. The van der Waals surface area contributed by atoms with Crippen molar-refractivity contribution in [1.82, 2.24) is 19.9 Å². The number of likely N-dealkylation sites (tertiary alicyclic amines) is 1. The number of nitrogens with zero attached hydrogens (tertiary/aromatic N) is 4. The minimum atomic E-state index is 0.0934. The summed E-state index contributed by atoms with van der Waals surface area (Å²) >= 11 is 0. The first-order chi connectivity index (χ1) is 11.5. The Labute approximate surface area is 141 Å². The third-order valence-electron chi connectivity index (χ3n) is 4.41. The van der Waals surface area contributed by atoms with Crippen LogP contribution in [0.2, 0.25) is 0 Å². The van der Waals surface area contributed by atoms with Gasteiger partial charge >= 0.3 is 0 Å². The van der Waals surface area contributed by atoms with Gasteiger partial charge in [-0.15, -0.1) is 0 Å². The second kappa shape index (κ2) is 7.17. The molecule has 2 aromatic heterocycles. The zero-order valence-electron chi connectivity index (χ0n) is 14.5. The molecule has 0 saturated carbocycles. The van der Waals surface area contributed by atoms with Crippen molar-refractivity contribution >= 4 is 5.91 Å². The molecule has 1 aliphatic rings. The average molecular weight is 332 g/mol. The zero-order chi connectivity index (χ0) is 17.1. The van der Waals surface area contributed by atoms with Gasteiger partial charge in [-0.05, 0) is 25.5 Å². The number of carbonyl (C=O) groups excluding carboxylic acids is 1. The van der Waals surface area contributed by atoms with E-state index in [1.165, 1.54) is 0 Å². The second-order valence-corrected chi connectivity index (χ2v) is 6.38. The molecule has 3 heterocycles. The van der Waals surface area contributed by atoms with Crippen molar-refractivity contribution < 1.29 is 13.7 Å². The molecule has 24 heavy (non-hydrogen) atoms. The van der Waals surface area contributed by atoms with Crippen molar-refractivity contribution in [2.24, 2.45) is 0 Å². The van der Waals surface area contributed by atoms with Gasteiger partial charge in [-0.2, -0.15) is 4.98 Å². The van der Waals surface area contributed by atoms with Crippen LogP contribution < -0.4 is 0 Å². The van der Waals surface area contributed by atoms with E-state index in [1.54, 1.807) is 13.8 Å². The molecule has 0 aliphatic carbocycles. The Morgan fingerprint density at radius 1 is 1.42 bits per heavy atom. The van der Waals surface area contributed by atoms with Crippen molar-refractivity contribution in [1.29, 1.82) is 0 Å². The summed E-state index contributed by atoms with van der Waals surface area (Å²) in [5.74, 6) is 3.21. The summed E-state index contributed by atoms with van der Waals surface area (Å²) in [7, 11) is 0. The van der Waals surface area contributed by atoms with Gasteiger partial charge in [0.1, 0.15) is 11.5 Å². The van der Waals surface area contributed by atoms with Crippen molar-refractivity contribution in [3.05, 3.63) is 35.4 Å². The van der Waals surface area contributed by atoms with Crippen LogP contribution in [0.3, 0.4) is 0 Å². The molecule has 7 heteroatoms. The van der Waals surface area contributed by atoms with E-state index in [0.29, 0.717) is 24.7 Å². The van der Waals surface area contributed by atoms with Crippen molar-refractivity contribution in [2.75, 3.05) is 19.6 Å². The van der Waals surface area contributed by atoms with E-state index in [0.717, 1.165) is 37.6 Å². The lowest BCUT2D eigenvalue weighted by Gasteiger charge is -2.27. The van der Waals surface area contributed by atoms with E-state index in [4.69, 9.17) is 8.94 Å². The van der Waals surface area contributed by atoms with Crippen LogP contribution in [0, 0.1) is 13.8 Å². The lowest BCUT2D eigenvalue weighted by atomic mass is 10.2. The summed E-state index contributed by atoms with van der Waals surface area (Å²) < 4.78 is 10.6. The number of rotatable bonds is 6. The Morgan fingerprint density at radius 3 is 2.88 bits per heavy atom. The number of hydrogen-bond acceptors (Lipinski definition) is 6. The van der Waals surface area contributed by atoms with Gasteiger partial charge in [-0.1, -0.05) is 5.16 Å². The number of carbonyl (C=O) groups is 1. The summed E-state index contributed by atoms with van der Waals surface area (Å²) in [5, 5.41) is 3.90. The molecular formula is C17H24N4O3. The predicted molar refractivity (Wildman–Crippen MR) is 87.3 cm³/mol. The molecule has 1 amide bonds. The average Bonchev–Trinajstić information content (AvgIpc) is 3.23. The van der Waals surface area contributed by atoms with Crippen LogP contribution in [0.5, 0.6) is 0 Å².